The zero-order valence-corrected chi connectivity index (χ0v) is 13.7. The summed E-state index contributed by atoms with van der Waals surface area (Å²) < 4.78 is 7.03. The quantitative estimate of drug-likeness (QED) is 0.798. The zero-order chi connectivity index (χ0) is 16.2. The summed E-state index contributed by atoms with van der Waals surface area (Å²) in [6.07, 6.45) is 7.48. The molecule has 0 aromatic carbocycles. The number of carbonyl (C=O) groups is 1. The number of aliphatic hydroxyl groups is 1. The summed E-state index contributed by atoms with van der Waals surface area (Å²) in [6.45, 7) is 1.97. The van der Waals surface area contributed by atoms with Crippen LogP contribution in [0.15, 0.2) is 24.0 Å². The van der Waals surface area contributed by atoms with Crippen LogP contribution in [0.25, 0.3) is 0 Å². The average Bonchev–Trinajstić information content (AvgIpc) is 3.06. The highest BCUT2D eigenvalue weighted by Crippen LogP contribution is 2.28. The van der Waals surface area contributed by atoms with Crippen molar-refractivity contribution in [2.75, 3.05) is 13.2 Å². The van der Waals surface area contributed by atoms with Gasteiger partial charge in [0, 0.05) is 19.2 Å². The van der Waals surface area contributed by atoms with Crippen molar-refractivity contribution in [1.29, 1.82) is 0 Å². The van der Waals surface area contributed by atoms with Crippen LogP contribution in [-0.2, 0) is 16.1 Å². The Bertz CT molecular complexity index is 587. The monoisotopic (exact) mass is 339 g/mol. The van der Waals surface area contributed by atoms with Crippen LogP contribution < -0.4 is 5.32 Å². The zero-order valence-electron chi connectivity index (χ0n) is 12.9. The minimum atomic E-state index is -0.501. The SMILES string of the molecule is O=C(CC1=CCOCC1)N[C@@H]1CC(Cn2cc(Cl)cn2)C[C@H]1O. The van der Waals surface area contributed by atoms with Crippen molar-refractivity contribution in [2.45, 2.75) is 44.4 Å². The summed E-state index contributed by atoms with van der Waals surface area (Å²) in [7, 11) is 0. The van der Waals surface area contributed by atoms with Gasteiger partial charge in [-0.2, -0.15) is 5.10 Å². The fraction of sp³-hybridized carbons (Fsp3) is 0.625. The smallest absolute Gasteiger partial charge is 0.224 e. The van der Waals surface area contributed by atoms with Gasteiger partial charge in [0.15, 0.2) is 0 Å². The van der Waals surface area contributed by atoms with Gasteiger partial charge in [-0.05, 0) is 25.2 Å². The molecule has 23 heavy (non-hydrogen) atoms. The van der Waals surface area contributed by atoms with E-state index in [1.165, 1.54) is 0 Å². The standard InChI is InChI=1S/C16H22ClN3O3/c17-13-8-18-20(10-13)9-12-5-14(15(21)6-12)19-16(22)7-11-1-3-23-4-2-11/h1,8,10,12,14-15,21H,2-7,9H2,(H,19,22)/t12?,14-,15-/m1/s1. The third-order valence-corrected chi connectivity index (χ3v) is 4.66. The van der Waals surface area contributed by atoms with Gasteiger partial charge in [0.2, 0.25) is 5.91 Å². The summed E-state index contributed by atoms with van der Waals surface area (Å²) in [6, 6.07) is -0.182. The molecule has 0 radical (unpaired) electrons. The van der Waals surface area contributed by atoms with Crippen molar-refractivity contribution >= 4 is 17.5 Å². The van der Waals surface area contributed by atoms with Crippen LogP contribution in [0.2, 0.25) is 5.02 Å². The lowest BCUT2D eigenvalue weighted by Gasteiger charge is -2.18. The Labute approximate surface area is 140 Å². The van der Waals surface area contributed by atoms with Gasteiger partial charge in [0.1, 0.15) is 0 Å². The van der Waals surface area contributed by atoms with E-state index in [1.807, 2.05) is 6.08 Å². The van der Waals surface area contributed by atoms with Crippen molar-refractivity contribution in [2.24, 2.45) is 5.92 Å². The fourth-order valence-electron chi connectivity index (χ4n) is 3.32. The van der Waals surface area contributed by atoms with E-state index in [-0.39, 0.29) is 17.9 Å². The number of nitrogens with one attached hydrogen (secondary N) is 1. The van der Waals surface area contributed by atoms with E-state index in [4.69, 9.17) is 16.3 Å². The Hall–Kier alpha value is -1.37. The molecule has 0 spiro atoms. The largest absolute Gasteiger partial charge is 0.391 e. The maximum Gasteiger partial charge on any atom is 0.224 e. The number of aliphatic hydroxyl groups excluding tert-OH is 1. The maximum absolute atomic E-state index is 12.1. The van der Waals surface area contributed by atoms with Crippen LogP contribution in [0.5, 0.6) is 0 Å². The molecule has 1 aromatic rings. The Morgan fingerprint density at radius 1 is 1.52 bits per heavy atom. The molecule has 1 aliphatic carbocycles. The highest BCUT2D eigenvalue weighted by Gasteiger charge is 2.34. The lowest BCUT2D eigenvalue weighted by molar-refractivity contribution is -0.121. The van der Waals surface area contributed by atoms with Gasteiger partial charge in [-0.15, -0.1) is 0 Å². The van der Waals surface area contributed by atoms with Crippen LogP contribution >= 0.6 is 11.6 Å². The molecule has 0 saturated heterocycles. The van der Waals surface area contributed by atoms with Crippen LogP contribution in [0.1, 0.15) is 25.7 Å². The number of rotatable bonds is 5. The molecule has 1 fully saturated rings. The Morgan fingerprint density at radius 2 is 2.39 bits per heavy atom. The molecule has 1 aliphatic heterocycles. The van der Waals surface area contributed by atoms with Gasteiger partial charge in [0.05, 0.1) is 36.6 Å². The van der Waals surface area contributed by atoms with E-state index in [9.17, 15) is 9.90 Å². The number of hydrogen-bond acceptors (Lipinski definition) is 4. The molecule has 1 unspecified atom stereocenters. The van der Waals surface area contributed by atoms with Crippen LogP contribution in [-0.4, -0.2) is 46.2 Å². The topological polar surface area (TPSA) is 76.4 Å². The number of aromatic nitrogens is 2. The summed E-state index contributed by atoms with van der Waals surface area (Å²) in [5.41, 5.74) is 1.11. The Kier molecular flexibility index (Phi) is 5.35. The Morgan fingerprint density at radius 3 is 3.09 bits per heavy atom. The summed E-state index contributed by atoms with van der Waals surface area (Å²) in [4.78, 5) is 12.1. The van der Waals surface area contributed by atoms with E-state index >= 15 is 0 Å². The Balaban J connectivity index is 1.48. The number of carbonyl (C=O) groups excluding carboxylic acids is 1. The average molecular weight is 340 g/mol. The van der Waals surface area contributed by atoms with E-state index in [2.05, 4.69) is 10.4 Å². The molecule has 3 atom stereocenters. The number of halogens is 1. The minimum Gasteiger partial charge on any atom is -0.391 e. The molecule has 1 aromatic heterocycles. The molecule has 7 heteroatoms. The third kappa shape index (κ3) is 4.56. The normalized spacial score (nSPS) is 27.7. The summed E-state index contributed by atoms with van der Waals surface area (Å²) in [5, 5.41) is 17.9. The lowest BCUT2D eigenvalue weighted by Crippen LogP contribution is -2.40. The third-order valence-electron chi connectivity index (χ3n) is 4.46. The molecule has 2 heterocycles. The molecule has 2 aliphatic rings. The molecule has 0 bridgehead atoms. The number of ether oxygens (including phenoxy) is 1. The van der Waals surface area contributed by atoms with Crippen LogP contribution in [0.3, 0.4) is 0 Å². The minimum absolute atomic E-state index is 0.0232. The summed E-state index contributed by atoms with van der Waals surface area (Å²) in [5.74, 6) is 0.263. The van der Waals surface area contributed by atoms with E-state index < -0.39 is 6.10 Å². The maximum atomic E-state index is 12.1. The van der Waals surface area contributed by atoms with Crippen molar-refractivity contribution in [3.8, 4) is 0 Å². The number of amides is 1. The molecular formula is C16H22ClN3O3. The first-order valence-electron chi connectivity index (χ1n) is 8.01. The van der Waals surface area contributed by atoms with Gasteiger partial charge in [-0.3, -0.25) is 9.48 Å². The first-order valence-corrected chi connectivity index (χ1v) is 8.39. The fourth-order valence-corrected chi connectivity index (χ4v) is 3.47. The first kappa shape index (κ1) is 16.5. The van der Waals surface area contributed by atoms with Gasteiger partial charge in [-0.25, -0.2) is 0 Å². The van der Waals surface area contributed by atoms with E-state index in [0.717, 1.165) is 18.4 Å². The van der Waals surface area contributed by atoms with Crippen molar-refractivity contribution in [3.05, 3.63) is 29.1 Å². The molecular weight excluding hydrogens is 318 g/mol. The van der Waals surface area contributed by atoms with E-state index in [1.54, 1.807) is 17.1 Å². The van der Waals surface area contributed by atoms with Crippen molar-refractivity contribution < 1.29 is 14.6 Å². The predicted octanol–water partition coefficient (Wildman–Crippen LogP) is 1.53. The predicted molar refractivity (Wildman–Crippen MR) is 86.0 cm³/mol. The molecule has 1 amide bonds. The number of hydrogen-bond donors (Lipinski definition) is 2. The van der Waals surface area contributed by atoms with E-state index in [0.29, 0.717) is 37.6 Å². The van der Waals surface area contributed by atoms with Gasteiger partial charge >= 0.3 is 0 Å². The highest BCUT2D eigenvalue weighted by molar-refractivity contribution is 6.30. The van der Waals surface area contributed by atoms with Gasteiger partial charge in [0.25, 0.3) is 0 Å². The highest BCUT2D eigenvalue weighted by atomic mass is 35.5. The van der Waals surface area contributed by atoms with Gasteiger partial charge in [-0.1, -0.05) is 23.3 Å². The lowest BCUT2D eigenvalue weighted by atomic mass is 10.1. The van der Waals surface area contributed by atoms with Crippen molar-refractivity contribution in [3.63, 3.8) is 0 Å². The molecule has 3 rings (SSSR count). The first-order chi connectivity index (χ1) is 11.1. The molecule has 126 valence electrons. The van der Waals surface area contributed by atoms with Gasteiger partial charge < -0.3 is 15.2 Å². The second-order valence-electron chi connectivity index (χ2n) is 6.32. The molecule has 2 N–H and O–H groups in total. The molecule has 6 nitrogen and oxygen atoms in total. The molecule has 1 saturated carbocycles. The summed E-state index contributed by atoms with van der Waals surface area (Å²) >= 11 is 5.86. The van der Waals surface area contributed by atoms with Crippen molar-refractivity contribution in [1.82, 2.24) is 15.1 Å². The number of nitrogens with zero attached hydrogens (tertiary/aromatic N) is 2. The second kappa shape index (κ2) is 7.47. The van der Waals surface area contributed by atoms with Crippen LogP contribution in [0.4, 0.5) is 0 Å². The second-order valence-corrected chi connectivity index (χ2v) is 6.76. The van der Waals surface area contributed by atoms with Crippen LogP contribution in [0, 0.1) is 5.92 Å².